The van der Waals surface area contributed by atoms with Crippen LogP contribution in [0.15, 0.2) is 27.9 Å². The predicted octanol–water partition coefficient (Wildman–Crippen LogP) is 1.50. The number of aromatic amines is 1. The Morgan fingerprint density at radius 1 is 1.28 bits per heavy atom. The molecule has 11 heteroatoms. The standard InChI is InChI=1S/C18H23ClN4O5S/c1-12-13(2)23(18(25)20-12)6-5-17(24)21-16-11-14(3-4-15(16)19)29(26,27)22-7-9-28-10-8-22/h3-4,11H,5-10H2,1-2H3,(H,20,25)(H,21,24). The van der Waals surface area contributed by atoms with Crippen molar-refractivity contribution in [2.45, 2.75) is 31.7 Å². The molecule has 0 bridgehead atoms. The molecule has 1 aliphatic heterocycles. The Hall–Kier alpha value is -2.14. The van der Waals surface area contributed by atoms with Gasteiger partial charge in [-0.15, -0.1) is 0 Å². The van der Waals surface area contributed by atoms with Crippen LogP contribution in [0.5, 0.6) is 0 Å². The number of aryl methyl sites for hydroxylation is 1. The molecular weight excluding hydrogens is 420 g/mol. The van der Waals surface area contributed by atoms with E-state index >= 15 is 0 Å². The van der Waals surface area contributed by atoms with Crippen LogP contribution in [0.4, 0.5) is 5.69 Å². The second-order valence-electron chi connectivity index (χ2n) is 6.75. The molecule has 29 heavy (non-hydrogen) atoms. The maximum atomic E-state index is 12.8. The highest BCUT2D eigenvalue weighted by molar-refractivity contribution is 7.89. The molecule has 0 atom stereocenters. The number of nitrogens with zero attached hydrogens (tertiary/aromatic N) is 2. The number of carbonyl (C=O) groups excluding carboxylic acids is 1. The highest BCUT2D eigenvalue weighted by Crippen LogP contribution is 2.27. The first-order valence-electron chi connectivity index (χ1n) is 9.13. The van der Waals surface area contributed by atoms with Crippen LogP contribution in [0.25, 0.3) is 0 Å². The van der Waals surface area contributed by atoms with Gasteiger partial charge in [-0.3, -0.25) is 9.36 Å². The summed E-state index contributed by atoms with van der Waals surface area (Å²) in [6.45, 7) is 5.01. The van der Waals surface area contributed by atoms with Gasteiger partial charge in [0.15, 0.2) is 0 Å². The highest BCUT2D eigenvalue weighted by Gasteiger charge is 2.27. The number of H-pyrrole nitrogens is 1. The monoisotopic (exact) mass is 442 g/mol. The number of hydrogen-bond donors (Lipinski definition) is 2. The molecule has 2 aromatic rings. The van der Waals surface area contributed by atoms with E-state index in [2.05, 4.69) is 10.3 Å². The van der Waals surface area contributed by atoms with Crippen LogP contribution in [-0.4, -0.2) is 54.5 Å². The number of sulfonamides is 1. The van der Waals surface area contributed by atoms with Gasteiger partial charge in [-0.05, 0) is 32.0 Å². The number of hydrogen-bond acceptors (Lipinski definition) is 5. The molecule has 0 aliphatic carbocycles. The number of carbonyl (C=O) groups is 1. The third-order valence-corrected chi connectivity index (χ3v) is 7.09. The fraction of sp³-hybridized carbons (Fsp3) is 0.444. The SMILES string of the molecule is Cc1[nH]c(=O)n(CCC(=O)Nc2cc(S(=O)(=O)N3CCOCC3)ccc2Cl)c1C. The number of imidazole rings is 1. The molecule has 158 valence electrons. The summed E-state index contributed by atoms with van der Waals surface area (Å²) in [5.74, 6) is -0.377. The van der Waals surface area contributed by atoms with Crippen molar-refractivity contribution in [2.75, 3.05) is 31.6 Å². The molecule has 0 saturated carbocycles. The molecule has 0 unspecified atom stereocenters. The molecule has 2 heterocycles. The summed E-state index contributed by atoms with van der Waals surface area (Å²) in [5, 5.41) is 2.86. The van der Waals surface area contributed by atoms with Gasteiger partial charge in [-0.1, -0.05) is 11.6 Å². The van der Waals surface area contributed by atoms with E-state index in [1.54, 1.807) is 13.8 Å². The quantitative estimate of drug-likeness (QED) is 0.703. The van der Waals surface area contributed by atoms with Crippen LogP contribution in [0.2, 0.25) is 5.02 Å². The number of anilines is 1. The molecule has 9 nitrogen and oxygen atoms in total. The maximum Gasteiger partial charge on any atom is 0.325 e. The van der Waals surface area contributed by atoms with E-state index in [4.69, 9.17) is 16.3 Å². The molecule has 3 rings (SSSR count). The molecular formula is C18H23ClN4O5S. The van der Waals surface area contributed by atoms with Gasteiger partial charge in [-0.25, -0.2) is 13.2 Å². The number of amides is 1. The average molecular weight is 443 g/mol. The lowest BCUT2D eigenvalue weighted by Crippen LogP contribution is -2.40. The summed E-state index contributed by atoms with van der Waals surface area (Å²) in [5.41, 5.74) is 1.45. The molecule has 1 fully saturated rings. The number of nitrogens with one attached hydrogen (secondary N) is 2. The van der Waals surface area contributed by atoms with Crippen molar-refractivity contribution in [3.05, 3.63) is 45.1 Å². The smallest absolute Gasteiger partial charge is 0.325 e. The molecule has 1 aromatic heterocycles. The highest BCUT2D eigenvalue weighted by atomic mass is 35.5. The van der Waals surface area contributed by atoms with Crippen molar-refractivity contribution in [3.63, 3.8) is 0 Å². The summed E-state index contributed by atoms with van der Waals surface area (Å²) >= 11 is 6.14. The van der Waals surface area contributed by atoms with Crippen LogP contribution in [0, 0.1) is 13.8 Å². The first kappa shape index (κ1) is 21.6. The van der Waals surface area contributed by atoms with E-state index in [-0.39, 0.29) is 53.3 Å². The zero-order valence-electron chi connectivity index (χ0n) is 16.2. The molecule has 0 radical (unpaired) electrons. The number of rotatable bonds is 6. The third kappa shape index (κ3) is 4.72. The van der Waals surface area contributed by atoms with Crippen molar-refractivity contribution < 1.29 is 17.9 Å². The van der Waals surface area contributed by atoms with Gasteiger partial charge in [0.25, 0.3) is 0 Å². The molecule has 1 aliphatic rings. The van der Waals surface area contributed by atoms with Crippen LogP contribution in [0.3, 0.4) is 0 Å². The van der Waals surface area contributed by atoms with E-state index < -0.39 is 10.0 Å². The topological polar surface area (TPSA) is 114 Å². The van der Waals surface area contributed by atoms with Gasteiger partial charge in [0.1, 0.15) is 0 Å². The van der Waals surface area contributed by atoms with Crippen LogP contribution in [0.1, 0.15) is 17.8 Å². The predicted molar refractivity (Wildman–Crippen MR) is 109 cm³/mol. The second-order valence-corrected chi connectivity index (χ2v) is 9.09. The number of ether oxygens (including phenoxy) is 1. The first-order valence-corrected chi connectivity index (χ1v) is 11.0. The Kier molecular flexibility index (Phi) is 6.47. The zero-order chi connectivity index (χ0) is 21.2. The number of halogens is 1. The lowest BCUT2D eigenvalue weighted by atomic mass is 10.3. The van der Waals surface area contributed by atoms with E-state index in [9.17, 15) is 18.0 Å². The second kappa shape index (κ2) is 8.70. The Morgan fingerprint density at radius 2 is 1.97 bits per heavy atom. The Balaban J connectivity index is 1.72. The first-order chi connectivity index (χ1) is 13.7. The van der Waals surface area contributed by atoms with Crippen LogP contribution >= 0.6 is 11.6 Å². The summed E-state index contributed by atoms with van der Waals surface area (Å²) in [6.07, 6.45) is 0.0365. The minimum Gasteiger partial charge on any atom is -0.379 e. The van der Waals surface area contributed by atoms with Crippen LogP contribution in [-0.2, 0) is 26.1 Å². The number of morpholine rings is 1. The van der Waals surface area contributed by atoms with Gasteiger partial charge in [0.2, 0.25) is 15.9 Å². The molecule has 1 aromatic carbocycles. The minimum absolute atomic E-state index is 0.0365. The Bertz CT molecular complexity index is 1070. The normalized spacial score (nSPS) is 15.4. The molecule has 1 saturated heterocycles. The molecule has 2 N–H and O–H groups in total. The van der Waals surface area contributed by atoms with Gasteiger partial charge >= 0.3 is 5.69 Å². The van der Waals surface area contributed by atoms with E-state index in [0.717, 1.165) is 11.4 Å². The summed E-state index contributed by atoms with van der Waals surface area (Å²) in [4.78, 5) is 27.0. The summed E-state index contributed by atoms with van der Waals surface area (Å²) in [6, 6.07) is 4.20. The van der Waals surface area contributed by atoms with Gasteiger partial charge < -0.3 is 15.0 Å². The number of aromatic nitrogens is 2. The van der Waals surface area contributed by atoms with Gasteiger partial charge in [0.05, 0.1) is 28.8 Å². The van der Waals surface area contributed by atoms with Crippen molar-refractivity contribution >= 4 is 33.2 Å². The fourth-order valence-electron chi connectivity index (χ4n) is 3.07. The lowest BCUT2D eigenvalue weighted by Gasteiger charge is -2.26. The van der Waals surface area contributed by atoms with E-state index in [1.165, 1.54) is 27.1 Å². The van der Waals surface area contributed by atoms with Crippen molar-refractivity contribution in [2.24, 2.45) is 0 Å². The maximum absolute atomic E-state index is 12.8. The fourth-order valence-corrected chi connectivity index (χ4v) is 4.66. The molecule has 1 amide bonds. The van der Waals surface area contributed by atoms with Crippen LogP contribution < -0.4 is 11.0 Å². The van der Waals surface area contributed by atoms with Crippen molar-refractivity contribution in [3.8, 4) is 0 Å². The Labute approximate surface area is 173 Å². The number of benzene rings is 1. The van der Waals surface area contributed by atoms with Crippen molar-refractivity contribution in [1.29, 1.82) is 0 Å². The zero-order valence-corrected chi connectivity index (χ0v) is 17.8. The van der Waals surface area contributed by atoms with E-state index in [1.807, 2.05) is 0 Å². The lowest BCUT2D eigenvalue weighted by molar-refractivity contribution is -0.116. The Morgan fingerprint density at radius 3 is 2.59 bits per heavy atom. The summed E-state index contributed by atoms with van der Waals surface area (Å²) in [7, 11) is -3.71. The van der Waals surface area contributed by atoms with E-state index in [0.29, 0.717) is 13.2 Å². The largest absolute Gasteiger partial charge is 0.379 e. The van der Waals surface area contributed by atoms with Crippen molar-refractivity contribution in [1.82, 2.24) is 13.9 Å². The minimum atomic E-state index is -3.71. The third-order valence-electron chi connectivity index (χ3n) is 4.87. The summed E-state index contributed by atoms with van der Waals surface area (Å²) < 4.78 is 33.6. The van der Waals surface area contributed by atoms with Gasteiger partial charge in [0, 0.05) is 37.4 Å². The molecule has 0 spiro atoms. The van der Waals surface area contributed by atoms with Gasteiger partial charge in [-0.2, -0.15) is 4.31 Å². The average Bonchev–Trinajstić information content (AvgIpc) is 2.94.